The molecule has 0 aliphatic carbocycles. The summed E-state index contributed by atoms with van der Waals surface area (Å²) in [5, 5.41) is 20.6. The highest BCUT2D eigenvalue weighted by Crippen LogP contribution is 2.39. The maximum atomic E-state index is 11.6. The van der Waals surface area contributed by atoms with E-state index in [0.29, 0.717) is 12.8 Å². The quantitative estimate of drug-likeness (QED) is 0.242. The van der Waals surface area contributed by atoms with Crippen molar-refractivity contribution in [1.29, 1.82) is 0 Å². The first-order valence-electron chi connectivity index (χ1n) is 10.5. The van der Waals surface area contributed by atoms with Crippen molar-refractivity contribution >= 4 is 5.97 Å². The number of esters is 1. The van der Waals surface area contributed by atoms with Crippen molar-refractivity contribution in [1.82, 2.24) is 0 Å². The van der Waals surface area contributed by atoms with Crippen LogP contribution in [0.2, 0.25) is 0 Å². The second-order valence-electron chi connectivity index (χ2n) is 7.44. The maximum absolute atomic E-state index is 11.6. The molecule has 2 N–H and O–H groups in total. The molecule has 1 aliphatic heterocycles. The Morgan fingerprint density at radius 2 is 1.73 bits per heavy atom. The average Bonchev–Trinajstić information content (AvgIpc) is 2.59. The van der Waals surface area contributed by atoms with E-state index in [-0.39, 0.29) is 12.4 Å². The van der Waals surface area contributed by atoms with Crippen LogP contribution in [0, 0.1) is 5.92 Å². The first-order valence-corrected chi connectivity index (χ1v) is 10.5. The lowest BCUT2D eigenvalue weighted by molar-refractivity contribution is -0.297. The van der Waals surface area contributed by atoms with Gasteiger partial charge in [0.05, 0.1) is 6.10 Å². The van der Waals surface area contributed by atoms with Crippen LogP contribution >= 0.6 is 0 Å². The molecule has 150 valence electrons. The molecular formula is C22H38O4. The number of hydrogen-bond acceptors (Lipinski definition) is 4. The Labute approximate surface area is 159 Å². The van der Waals surface area contributed by atoms with Crippen LogP contribution in [0.15, 0.2) is 24.3 Å². The predicted molar refractivity (Wildman–Crippen MR) is 106 cm³/mol. The van der Waals surface area contributed by atoms with E-state index in [1.54, 1.807) is 0 Å². The Balaban J connectivity index is 2.23. The molecule has 0 amide bonds. The topological polar surface area (TPSA) is 66.8 Å². The lowest BCUT2D eigenvalue weighted by Gasteiger charge is -2.44. The highest BCUT2D eigenvalue weighted by Gasteiger charge is 2.55. The molecule has 3 unspecified atom stereocenters. The third-order valence-corrected chi connectivity index (χ3v) is 4.97. The zero-order valence-corrected chi connectivity index (χ0v) is 16.7. The van der Waals surface area contributed by atoms with Gasteiger partial charge in [-0.05, 0) is 32.1 Å². The number of hydrogen-bond donors (Lipinski definition) is 2. The molecule has 1 rings (SSSR count). The molecule has 0 bridgehead atoms. The molecule has 0 spiro atoms. The van der Waals surface area contributed by atoms with E-state index in [0.717, 1.165) is 38.5 Å². The second-order valence-corrected chi connectivity index (χ2v) is 7.44. The van der Waals surface area contributed by atoms with Crippen molar-refractivity contribution in [3.05, 3.63) is 24.3 Å². The van der Waals surface area contributed by atoms with Gasteiger partial charge in [0, 0.05) is 6.42 Å². The van der Waals surface area contributed by atoms with Gasteiger partial charge < -0.3 is 14.9 Å². The molecular weight excluding hydrogens is 328 g/mol. The molecule has 1 saturated heterocycles. The number of cyclic esters (lactones) is 1. The third-order valence-electron chi connectivity index (χ3n) is 4.97. The van der Waals surface area contributed by atoms with E-state index in [1.807, 2.05) is 12.2 Å². The minimum atomic E-state index is -1.48. The monoisotopic (exact) mass is 366 g/mol. The molecule has 0 aromatic carbocycles. The smallest absolute Gasteiger partial charge is 0.318 e. The zero-order valence-electron chi connectivity index (χ0n) is 16.7. The highest BCUT2D eigenvalue weighted by atomic mass is 16.7. The number of carbonyl (C=O) groups excluding carboxylic acids is 1. The minimum Gasteiger partial charge on any atom is -0.432 e. The van der Waals surface area contributed by atoms with E-state index in [1.165, 1.54) is 19.3 Å². The summed E-state index contributed by atoms with van der Waals surface area (Å²) in [4.78, 5) is 11.6. The number of aliphatic hydroxyl groups is 2. The van der Waals surface area contributed by atoms with Gasteiger partial charge in [0.1, 0.15) is 5.92 Å². The van der Waals surface area contributed by atoms with E-state index in [2.05, 4.69) is 26.0 Å². The van der Waals surface area contributed by atoms with Crippen molar-refractivity contribution in [2.24, 2.45) is 5.92 Å². The van der Waals surface area contributed by atoms with Crippen LogP contribution in [0.4, 0.5) is 0 Å². The summed E-state index contributed by atoms with van der Waals surface area (Å²) in [7, 11) is 0. The summed E-state index contributed by atoms with van der Waals surface area (Å²) in [5.74, 6) is -2.29. The van der Waals surface area contributed by atoms with Crippen LogP contribution in [0.25, 0.3) is 0 Å². The highest BCUT2D eigenvalue weighted by molar-refractivity contribution is 5.79. The fourth-order valence-electron chi connectivity index (χ4n) is 3.32. The number of aliphatic hydroxyl groups excluding tert-OH is 1. The molecule has 0 aromatic heterocycles. The number of ether oxygens (including phenoxy) is 1. The summed E-state index contributed by atoms with van der Waals surface area (Å²) in [6, 6.07) is 0. The molecule has 0 saturated carbocycles. The molecule has 1 fully saturated rings. The van der Waals surface area contributed by atoms with Crippen molar-refractivity contribution in [2.75, 3.05) is 0 Å². The lowest BCUT2D eigenvalue weighted by Crippen LogP contribution is -2.58. The van der Waals surface area contributed by atoms with Crippen LogP contribution < -0.4 is 0 Å². The van der Waals surface area contributed by atoms with E-state index < -0.39 is 17.8 Å². The average molecular weight is 367 g/mol. The van der Waals surface area contributed by atoms with Crippen molar-refractivity contribution < 1.29 is 19.7 Å². The zero-order chi connectivity index (χ0) is 19.3. The fourth-order valence-corrected chi connectivity index (χ4v) is 3.32. The Hall–Kier alpha value is -1.13. The van der Waals surface area contributed by atoms with Crippen molar-refractivity contribution in [2.45, 2.75) is 103 Å². The first kappa shape index (κ1) is 22.9. The van der Waals surface area contributed by atoms with Gasteiger partial charge in [-0.15, -0.1) is 0 Å². The minimum absolute atomic E-state index is 0.0916. The molecule has 4 nitrogen and oxygen atoms in total. The van der Waals surface area contributed by atoms with Gasteiger partial charge in [-0.3, -0.25) is 4.79 Å². The Kier molecular flexibility index (Phi) is 11.5. The maximum Gasteiger partial charge on any atom is 0.318 e. The SMILES string of the molecule is CCCCCC=CCC=CCC(O)CC1(O)OC(=O)C1CCCCCC. The summed E-state index contributed by atoms with van der Waals surface area (Å²) in [5.41, 5.74) is 0. The van der Waals surface area contributed by atoms with E-state index >= 15 is 0 Å². The van der Waals surface area contributed by atoms with Crippen LogP contribution in [0.3, 0.4) is 0 Å². The molecule has 3 atom stereocenters. The molecule has 1 heterocycles. The molecule has 4 heteroatoms. The van der Waals surface area contributed by atoms with E-state index in [4.69, 9.17) is 4.74 Å². The second kappa shape index (κ2) is 13.1. The van der Waals surface area contributed by atoms with E-state index in [9.17, 15) is 15.0 Å². The van der Waals surface area contributed by atoms with Crippen molar-refractivity contribution in [3.63, 3.8) is 0 Å². The molecule has 26 heavy (non-hydrogen) atoms. The van der Waals surface area contributed by atoms with Crippen molar-refractivity contribution in [3.8, 4) is 0 Å². The molecule has 0 radical (unpaired) electrons. The summed E-state index contributed by atoms with van der Waals surface area (Å²) >= 11 is 0. The normalized spacial score (nSPS) is 24.2. The third kappa shape index (κ3) is 8.50. The number of rotatable bonds is 15. The molecule has 0 aromatic rings. The standard InChI is InChI=1S/C22H38O4/c1-3-5-7-9-10-11-12-13-14-16-19(23)18-22(25)20(21(24)26-22)17-15-8-6-4-2/h10-11,13-14,19-20,23,25H,3-9,12,15-18H2,1-2H3. The van der Waals surface area contributed by atoms with Gasteiger partial charge in [0.25, 0.3) is 0 Å². The van der Waals surface area contributed by atoms with Gasteiger partial charge >= 0.3 is 5.97 Å². The Morgan fingerprint density at radius 1 is 1.04 bits per heavy atom. The van der Waals surface area contributed by atoms with Crippen LogP contribution in [-0.4, -0.2) is 28.1 Å². The van der Waals surface area contributed by atoms with Crippen LogP contribution in [0.1, 0.15) is 90.9 Å². The largest absolute Gasteiger partial charge is 0.432 e. The first-order chi connectivity index (χ1) is 12.5. The summed E-state index contributed by atoms with van der Waals surface area (Å²) in [6.45, 7) is 4.34. The van der Waals surface area contributed by atoms with Crippen LogP contribution in [-0.2, 0) is 9.53 Å². The number of carbonyl (C=O) groups is 1. The Morgan fingerprint density at radius 3 is 2.42 bits per heavy atom. The lowest BCUT2D eigenvalue weighted by atomic mass is 9.83. The van der Waals surface area contributed by atoms with Crippen LogP contribution in [0.5, 0.6) is 0 Å². The Bertz CT molecular complexity index is 443. The van der Waals surface area contributed by atoms with Gasteiger partial charge in [-0.25, -0.2) is 0 Å². The number of unbranched alkanes of at least 4 members (excludes halogenated alkanes) is 6. The van der Waals surface area contributed by atoms with Gasteiger partial charge in [-0.2, -0.15) is 0 Å². The van der Waals surface area contributed by atoms with Gasteiger partial charge in [-0.1, -0.05) is 76.7 Å². The summed E-state index contributed by atoms with van der Waals surface area (Å²) < 4.78 is 4.98. The number of allylic oxidation sites excluding steroid dienone is 3. The van der Waals surface area contributed by atoms with Gasteiger partial charge in [0.2, 0.25) is 5.79 Å². The van der Waals surface area contributed by atoms with Gasteiger partial charge in [0.15, 0.2) is 0 Å². The fraction of sp³-hybridized carbons (Fsp3) is 0.773. The summed E-state index contributed by atoms with van der Waals surface area (Å²) in [6.07, 6.45) is 18.8. The predicted octanol–water partition coefficient (Wildman–Crippen LogP) is 5.04. The molecule has 1 aliphatic rings.